The van der Waals surface area contributed by atoms with Crippen LogP contribution in [0, 0.1) is 16.2 Å². The topological polar surface area (TPSA) is 90.0 Å². The van der Waals surface area contributed by atoms with Gasteiger partial charge in [-0.1, -0.05) is 13.8 Å². The molecule has 0 aromatic carbocycles. The number of carbonyl (C=O) groups excluding carboxylic acids is 4. The molecule has 2 aliphatic rings. The Labute approximate surface area is 109 Å². The Kier molecular flexibility index (Phi) is 2.38. The quantitative estimate of drug-likeness (QED) is 0.376. The van der Waals surface area contributed by atoms with Crippen LogP contribution in [0.2, 0.25) is 0 Å². The molecule has 1 saturated heterocycles. The predicted octanol–water partition coefficient (Wildman–Crippen LogP) is -0.656. The minimum atomic E-state index is -1.81. The lowest BCUT2D eigenvalue weighted by molar-refractivity contribution is -0.159. The van der Waals surface area contributed by atoms with E-state index in [1.165, 1.54) is 20.9 Å². The van der Waals surface area contributed by atoms with Crippen LogP contribution >= 0.6 is 0 Å². The second kappa shape index (κ2) is 3.34. The lowest BCUT2D eigenvalue weighted by Gasteiger charge is -2.21. The van der Waals surface area contributed by atoms with Gasteiger partial charge >= 0.3 is 11.9 Å². The lowest BCUT2D eigenvalue weighted by atomic mass is 9.94. The Hall–Kier alpha value is -1.92. The van der Waals surface area contributed by atoms with Crippen LogP contribution < -0.4 is 0 Å². The molecule has 0 aromatic heterocycles. The summed E-state index contributed by atoms with van der Waals surface area (Å²) in [5, 5.41) is 0. The van der Waals surface area contributed by atoms with Crippen molar-refractivity contribution >= 4 is 23.8 Å². The zero-order chi connectivity index (χ0) is 14.8. The fourth-order valence-electron chi connectivity index (χ4n) is 3.62. The molecule has 104 valence electrons. The highest BCUT2D eigenvalue weighted by Crippen LogP contribution is 2.82. The summed E-state index contributed by atoms with van der Waals surface area (Å²) in [4.78, 5) is 49.6. The third-order valence-electron chi connectivity index (χ3n) is 4.61. The van der Waals surface area contributed by atoms with Crippen molar-refractivity contribution in [1.29, 1.82) is 0 Å². The van der Waals surface area contributed by atoms with Gasteiger partial charge in [0.2, 0.25) is 11.8 Å². The van der Waals surface area contributed by atoms with Crippen LogP contribution in [0.5, 0.6) is 0 Å². The van der Waals surface area contributed by atoms with E-state index < -0.39 is 40.0 Å². The van der Waals surface area contributed by atoms with Crippen molar-refractivity contribution in [3.63, 3.8) is 0 Å². The molecule has 1 aliphatic carbocycles. The van der Waals surface area contributed by atoms with E-state index in [0.29, 0.717) is 0 Å². The molecular weight excluding hydrogens is 254 g/mol. The molecule has 0 spiro atoms. The molecule has 0 aromatic rings. The molecule has 0 bridgehead atoms. The van der Waals surface area contributed by atoms with Crippen molar-refractivity contribution in [3.05, 3.63) is 0 Å². The third-order valence-corrected chi connectivity index (χ3v) is 4.61. The molecule has 2 fully saturated rings. The Bertz CT molecular complexity index is 480. The van der Waals surface area contributed by atoms with Crippen molar-refractivity contribution in [1.82, 2.24) is 4.90 Å². The molecular formula is C12H15NO6. The summed E-state index contributed by atoms with van der Waals surface area (Å²) in [6.45, 7) is 3.03. The average molecular weight is 269 g/mol. The van der Waals surface area contributed by atoms with E-state index >= 15 is 0 Å². The molecule has 1 saturated carbocycles. The van der Waals surface area contributed by atoms with Gasteiger partial charge in [0.25, 0.3) is 0 Å². The van der Waals surface area contributed by atoms with Crippen LogP contribution in [0.1, 0.15) is 13.8 Å². The fourth-order valence-corrected chi connectivity index (χ4v) is 3.62. The zero-order valence-electron chi connectivity index (χ0n) is 11.4. The summed E-state index contributed by atoms with van der Waals surface area (Å²) in [6.07, 6.45) is 0. The highest BCUT2D eigenvalue weighted by atomic mass is 16.5. The number of likely N-dealkylation sites (tertiary alicyclic amines) is 1. The van der Waals surface area contributed by atoms with Crippen LogP contribution in [0.3, 0.4) is 0 Å². The molecule has 0 radical (unpaired) electrons. The molecule has 2 amide bonds. The minimum absolute atomic E-state index is 0.722. The molecule has 7 heteroatoms. The van der Waals surface area contributed by atoms with Gasteiger partial charge in [-0.15, -0.1) is 0 Å². The molecule has 19 heavy (non-hydrogen) atoms. The summed E-state index contributed by atoms with van der Waals surface area (Å²) in [7, 11) is 3.47. The van der Waals surface area contributed by atoms with Crippen molar-refractivity contribution in [2.75, 3.05) is 21.3 Å². The number of ether oxygens (including phenoxy) is 2. The fraction of sp³-hybridized carbons (Fsp3) is 0.667. The van der Waals surface area contributed by atoms with E-state index in [1.54, 1.807) is 0 Å². The Morgan fingerprint density at radius 1 is 0.947 bits per heavy atom. The maximum Gasteiger partial charge on any atom is 0.323 e. The van der Waals surface area contributed by atoms with E-state index in [1.807, 2.05) is 0 Å². The third kappa shape index (κ3) is 0.913. The number of imide groups is 1. The van der Waals surface area contributed by atoms with Crippen LogP contribution in [-0.2, 0) is 28.7 Å². The highest BCUT2D eigenvalue weighted by molar-refractivity contribution is 6.33. The summed E-state index contributed by atoms with van der Waals surface area (Å²) >= 11 is 0. The molecule has 0 unspecified atom stereocenters. The van der Waals surface area contributed by atoms with E-state index in [0.717, 1.165) is 19.1 Å². The number of hydrogen-bond acceptors (Lipinski definition) is 6. The lowest BCUT2D eigenvalue weighted by Crippen LogP contribution is -2.41. The smallest absolute Gasteiger partial charge is 0.323 e. The van der Waals surface area contributed by atoms with Crippen molar-refractivity contribution < 1.29 is 28.7 Å². The van der Waals surface area contributed by atoms with E-state index in [4.69, 9.17) is 0 Å². The molecule has 0 N–H and O–H groups in total. The SMILES string of the molecule is COC(=O)[C@]12C(=O)N(C)C(=O)[C@]1(C(=O)OC)C2(C)C. The molecule has 2 atom stereocenters. The van der Waals surface area contributed by atoms with Gasteiger partial charge in [-0.3, -0.25) is 24.1 Å². The van der Waals surface area contributed by atoms with Crippen molar-refractivity contribution in [3.8, 4) is 0 Å². The number of fused-ring (bicyclic) bond motifs is 1. The van der Waals surface area contributed by atoms with E-state index in [-0.39, 0.29) is 0 Å². The summed E-state index contributed by atoms with van der Waals surface area (Å²) < 4.78 is 9.31. The Balaban J connectivity index is 2.75. The molecule has 1 aliphatic heterocycles. The first-order valence-electron chi connectivity index (χ1n) is 5.69. The summed E-state index contributed by atoms with van der Waals surface area (Å²) in [5.41, 5.74) is -4.79. The first-order valence-corrected chi connectivity index (χ1v) is 5.69. The maximum absolute atomic E-state index is 12.3. The Morgan fingerprint density at radius 3 is 1.53 bits per heavy atom. The van der Waals surface area contributed by atoms with E-state index in [9.17, 15) is 19.2 Å². The average Bonchev–Trinajstić information content (AvgIpc) is 2.78. The number of carbonyl (C=O) groups is 4. The number of methoxy groups -OCH3 is 2. The Morgan fingerprint density at radius 2 is 1.26 bits per heavy atom. The highest BCUT2D eigenvalue weighted by Gasteiger charge is 3.01. The number of nitrogens with zero attached hydrogens (tertiary/aromatic N) is 1. The zero-order valence-corrected chi connectivity index (χ0v) is 11.4. The second-order valence-corrected chi connectivity index (χ2v) is 5.28. The van der Waals surface area contributed by atoms with Crippen LogP contribution in [0.15, 0.2) is 0 Å². The molecule has 1 heterocycles. The number of hydrogen-bond donors (Lipinski definition) is 0. The number of esters is 2. The standard InChI is InChI=1S/C12H15NO6/c1-10(2)11(8(16)18-4)6(14)13(3)7(15)12(10,11)9(17)19-5/h1-5H3/t11-,12-/m0/s1. The van der Waals surface area contributed by atoms with Gasteiger partial charge in [0, 0.05) is 12.5 Å². The number of piperidine rings is 1. The molecule has 2 rings (SSSR count). The van der Waals surface area contributed by atoms with Gasteiger partial charge < -0.3 is 9.47 Å². The molecule has 7 nitrogen and oxygen atoms in total. The van der Waals surface area contributed by atoms with E-state index in [2.05, 4.69) is 9.47 Å². The van der Waals surface area contributed by atoms with Gasteiger partial charge in [-0.2, -0.15) is 0 Å². The maximum atomic E-state index is 12.3. The summed E-state index contributed by atoms with van der Waals surface area (Å²) in [6, 6.07) is 0. The van der Waals surface area contributed by atoms with Crippen molar-refractivity contribution in [2.45, 2.75) is 13.8 Å². The first kappa shape index (κ1) is 13.5. The van der Waals surface area contributed by atoms with Gasteiger partial charge in [0.1, 0.15) is 0 Å². The number of rotatable bonds is 2. The normalized spacial score (nSPS) is 34.9. The monoisotopic (exact) mass is 269 g/mol. The largest absolute Gasteiger partial charge is 0.468 e. The minimum Gasteiger partial charge on any atom is -0.468 e. The van der Waals surface area contributed by atoms with Crippen LogP contribution in [0.4, 0.5) is 0 Å². The predicted molar refractivity (Wildman–Crippen MR) is 60.5 cm³/mol. The van der Waals surface area contributed by atoms with Gasteiger partial charge in [-0.25, -0.2) is 0 Å². The van der Waals surface area contributed by atoms with Gasteiger partial charge in [0.05, 0.1) is 14.2 Å². The van der Waals surface area contributed by atoms with Gasteiger partial charge in [0.15, 0.2) is 10.8 Å². The second-order valence-electron chi connectivity index (χ2n) is 5.28. The first-order chi connectivity index (χ1) is 8.69. The number of amides is 2. The summed E-state index contributed by atoms with van der Waals surface area (Å²) in [5.74, 6) is -3.21. The van der Waals surface area contributed by atoms with Crippen LogP contribution in [-0.4, -0.2) is 49.9 Å². The van der Waals surface area contributed by atoms with Crippen LogP contribution in [0.25, 0.3) is 0 Å². The van der Waals surface area contributed by atoms with Gasteiger partial charge in [-0.05, 0) is 0 Å². The van der Waals surface area contributed by atoms with Crippen molar-refractivity contribution in [2.24, 2.45) is 16.2 Å².